The molecule has 2 unspecified atom stereocenters. The van der Waals surface area contributed by atoms with Crippen LogP contribution in [0.2, 0.25) is 0 Å². The van der Waals surface area contributed by atoms with Crippen LogP contribution >= 0.6 is 0 Å². The van der Waals surface area contributed by atoms with Crippen LogP contribution in [-0.2, 0) is 14.4 Å². The van der Waals surface area contributed by atoms with Crippen molar-refractivity contribution in [1.29, 1.82) is 0 Å². The van der Waals surface area contributed by atoms with Crippen LogP contribution in [0, 0.1) is 28.6 Å². The fourth-order valence-electron chi connectivity index (χ4n) is 7.31. The Labute approximate surface area is 169 Å². The summed E-state index contributed by atoms with van der Waals surface area (Å²) in [6.07, 6.45) is -0.0292. The number of ketones is 3. The summed E-state index contributed by atoms with van der Waals surface area (Å²) in [6, 6.07) is 0. The molecule has 0 radical (unpaired) electrons. The lowest BCUT2D eigenvalue weighted by molar-refractivity contribution is -0.226. The van der Waals surface area contributed by atoms with Gasteiger partial charge in [-0.1, -0.05) is 20.8 Å². The van der Waals surface area contributed by atoms with Crippen molar-refractivity contribution in [2.45, 2.75) is 70.2 Å². The van der Waals surface area contributed by atoms with E-state index in [1.54, 1.807) is 20.8 Å². The predicted molar refractivity (Wildman–Crippen MR) is 100 cm³/mol. The molecule has 3 fully saturated rings. The van der Waals surface area contributed by atoms with Crippen molar-refractivity contribution in [3.8, 4) is 0 Å². The molecule has 0 aromatic heterocycles. The van der Waals surface area contributed by atoms with Crippen LogP contribution in [-0.4, -0.2) is 56.6 Å². The van der Waals surface area contributed by atoms with Gasteiger partial charge in [0.05, 0.1) is 6.10 Å². The summed E-state index contributed by atoms with van der Waals surface area (Å²) in [5.74, 6) is -3.05. The van der Waals surface area contributed by atoms with Crippen molar-refractivity contribution in [3.05, 3.63) is 11.6 Å². The number of rotatable bonds is 2. The lowest BCUT2D eigenvalue weighted by Crippen LogP contribution is -2.71. The minimum atomic E-state index is -2.14. The quantitative estimate of drug-likeness (QED) is 0.635. The van der Waals surface area contributed by atoms with Crippen molar-refractivity contribution in [3.63, 3.8) is 0 Å². The highest BCUT2D eigenvalue weighted by molar-refractivity contribution is 6.07. The van der Waals surface area contributed by atoms with Gasteiger partial charge in [-0.25, -0.2) is 4.39 Å². The molecule has 0 bridgehead atoms. The molecule has 8 atom stereocenters. The number of alkyl halides is 1. The van der Waals surface area contributed by atoms with Gasteiger partial charge in [-0.2, -0.15) is 0 Å². The van der Waals surface area contributed by atoms with E-state index in [9.17, 15) is 29.7 Å². The smallest absolute Gasteiger partial charge is 0.190 e. The molecule has 0 saturated heterocycles. The van der Waals surface area contributed by atoms with Gasteiger partial charge in [-0.3, -0.25) is 14.4 Å². The molecule has 0 amide bonds. The standard InChI is InChI=1S/C22H29FO6/c1-11-8-20(3)14(7-15(11)25)16(26)6-13-12-4-5-21(29,18(28)10-24)19(12,2)9-17(27)22(13,20)23/h7,11-13,17,24,27,29H,4-6,8-10H2,1-3H3/t11?,12-,13-,17?,19-,20-,21-,22-/m0/s1. The Morgan fingerprint density at radius 1 is 1.24 bits per heavy atom. The van der Waals surface area contributed by atoms with Gasteiger partial charge in [0.2, 0.25) is 0 Å². The average Bonchev–Trinajstić information content (AvgIpc) is 2.91. The molecule has 7 heteroatoms. The van der Waals surface area contributed by atoms with Gasteiger partial charge < -0.3 is 15.3 Å². The molecule has 0 aromatic carbocycles. The third kappa shape index (κ3) is 2.24. The van der Waals surface area contributed by atoms with Gasteiger partial charge in [-0.15, -0.1) is 0 Å². The maximum Gasteiger partial charge on any atom is 0.190 e. The summed E-state index contributed by atoms with van der Waals surface area (Å²) >= 11 is 0. The fourth-order valence-corrected chi connectivity index (χ4v) is 7.31. The molecule has 0 spiro atoms. The number of carbonyl (C=O) groups is 3. The van der Waals surface area contributed by atoms with Crippen molar-refractivity contribution in [1.82, 2.24) is 0 Å². The largest absolute Gasteiger partial charge is 0.390 e. The second-order valence-corrected chi connectivity index (χ2v) is 10.1. The average molecular weight is 408 g/mol. The molecule has 160 valence electrons. The lowest BCUT2D eigenvalue weighted by atomic mass is 9.43. The van der Waals surface area contributed by atoms with E-state index in [0.717, 1.165) is 0 Å². The van der Waals surface area contributed by atoms with Gasteiger partial charge in [-0.05, 0) is 37.7 Å². The molecule has 6 nitrogen and oxygen atoms in total. The zero-order valence-corrected chi connectivity index (χ0v) is 17.1. The van der Waals surface area contributed by atoms with Crippen molar-refractivity contribution in [2.75, 3.05) is 6.61 Å². The van der Waals surface area contributed by atoms with Crippen LogP contribution in [0.5, 0.6) is 0 Å². The number of hydrogen-bond donors (Lipinski definition) is 3. The molecule has 3 saturated carbocycles. The number of allylic oxidation sites excluding steroid dienone is 1. The zero-order valence-electron chi connectivity index (χ0n) is 17.1. The third-order valence-electron chi connectivity index (χ3n) is 8.95. The van der Waals surface area contributed by atoms with Crippen LogP contribution in [0.15, 0.2) is 11.6 Å². The van der Waals surface area contributed by atoms with E-state index >= 15 is 4.39 Å². The number of carbonyl (C=O) groups excluding carboxylic acids is 3. The number of fused-ring (bicyclic) bond motifs is 5. The summed E-state index contributed by atoms with van der Waals surface area (Å²) < 4.78 is 17.0. The van der Waals surface area contributed by atoms with E-state index in [2.05, 4.69) is 0 Å². The first-order valence-electron chi connectivity index (χ1n) is 10.4. The normalized spacial score (nSPS) is 51.8. The number of aliphatic hydroxyl groups is 3. The minimum absolute atomic E-state index is 0.0648. The molecule has 29 heavy (non-hydrogen) atoms. The second-order valence-electron chi connectivity index (χ2n) is 10.1. The maximum atomic E-state index is 17.0. The Balaban J connectivity index is 1.85. The van der Waals surface area contributed by atoms with E-state index < -0.39 is 58.3 Å². The first-order chi connectivity index (χ1) is 13.4. The van der Waals surface area contributed by atoms with Crippen LogP contribution in [0.25, 0.3) is 0 Å². The molecule has 4 rings (SSSR count). The van der Waals surface area contributed by atoms with Crippen LogP contribution in [0.1, 0.15) is 52.9 Å². The molecule has 0 aliphatic heterocycles. The summed E-state index contributed by atoms with van der Waals surface area (Å²) in [5, 5.41) is 31.6. The molecular weight excluding hydrogens is 379 g/mol. The molecular formula is C22H29FO6. The van der Waals surface area contributed by atoms with Gasteiger partial charge in [0.1, 0.15) is 17.9 Å². The summed E-state index contributed by atoms with van der Waals surface area (Å²) in [4.78, 5) is 37.6. The molecule has 4 aliphatic rings. The summed E-state index contributed by atoms with van der Waals surface area (Å²) in [5.41, 5.74) is -6.28. The molecule has 0 aromatic rings. The van der Waals surface area contributed by atoms with E-state index in [4.69, 9.17) is 0 Å². The highest BCUT2D eigenvalue weighted by atomic mass is 19.1. The highest BCUT2D eigenvalue weighted by Crippen LogP contribution is 2.70. The Kier molecular flexibility index (Phi) is 4.34. The van der Waals surface area contributed by atoms with Crippen molar-refractivity contribution < 1.29 is 34.1 Å². The van der Waals surface area contributed by atoms with Gasteiger partial charge in [0.15, 0.2) is 17.3 Å². The topological polar surface area (TPSA) is 112 Å². The van der Waals surface area contributed by atoms with E-state index in [-0.39, 0.29) is 42.8 Å². The first kappa shape index (κ1) is 20.8. The SMILES string of the molecule is CC1C[C@@]2(C)C(=CC1=O)C(=O)C[C@H]1[C@@H]3CC[C@](O)(C(=O)CO)[C@@]3(C)CC(O)[C@@]12F. The van der Waals surface area contributed by atoms with Gasteiger partial charge in [0, 0.05) is 34.7 Å². The number of Topliss-reactive ketones (excluding diaryl/α,β-unsaturated/α-hetero) is 2. The third-order valence-corrected chi connectivity index (χ3v) is 8.95. The summed E-state index contributed by atoms with van der Waals surface area (Å²) in [6.45, 7) is 4.15. The van der Waals surface area contributed by atoms with Crippen molar-refractivity contribution >= 4 is 17.3 Å². The lowest BCUT2D eigenvalue weighted by Gasteiger charge is -2.63. The van der Waals surface area contributed by atoms with Crippen LogP contribution in [0.3, 0.4) is 0 Å². The maximum absolute atomic E-state index is 17.0. The zero-order chi connectivity index (χ0) is 21.6. The number of aliphatic hydroxyl groups excluding tert-OH is 2. The molecule has 3 N–H and O–H groups in total. The molecule has 4 aliphatic carbocycles. The van der Waals surface area contributed by atoms with Gasteiger partial charge in [0.25, 0.3) is 0 Å². The molecule has 0 heterocycles. The Morgan fingerprint density at radius 2 is 1.90 bits per heavy atom. The number of halogens is 1. The van der Waals surface area contributed by atoms with Crippen molar-refractivity contribution in [2.24, 2.45) is 28.6 Å². The second kappa shape index (κ2) is 6.05. The first-order valence-corrected chi connectivity index (χ1v) is 10.4. The summed E-state index contributed by atoms with van der Waals surface area (Å²) in [7, 11) is 0. The van der Waals surface area contributed by atoms with Crippen LogP contribution < -0.4 is 0 Å². The van der Waals surface area contributed by atoms with Gasteiger partial charge >= 0.3 is 0 Å². The Bertz CT molecular complexity index is 837. The fraction of sp³-hybridized carbons (Fsp3) is 0.773. The van der Waals surface area contributed by atoms with E-state index in [0.29, 0.717) is 6.42 Å². The van der Waals surface area contributed by atoms with E-state index in [1.807, 2.05) is 0 Å². The Hall–Kier alpha value is -1.44. The van der Waals surface area contributed by atoms with E-state index in [1.165, 1.54) is 6.08 Å². The Morgan fingerprint density at radius 3 is 2.52 bits per heavy atom. The monoisotopic (exact) mass is 408 g/mol. The minimum Gasteiger partial charge on any atom is -0.390 e. The number of hydrogen-bond acceptors (Lipinski definition) is 6. The predicted octanol–water partition coefficient (Wildman–Crippen LogP) is 1.30. The highest BCUT2D eigenvalue weighted by Gasteiger charge is 2.75. The van der Waals surface area contributed by atoms with Crippen LogP contribution in [0.4, 0.5) is 4.39 Å².